The Labute approximate surface area is 99.5 Å². The highest BCUT2D eigenvalue weighted by Gasteiger charge is 2.27. The van der Waals surface area contributed by atoms with E-state index in [0.717, 1.165) is 50.7 Å². The van der Waals surface area contributed by atoms with E-state index in [2.05, 4.69) is 24.1 Å². The maximum atomic E-state index is 5.36. The average molecular weight is 226 g/mol. The van der Waals surface area contributed by atoms with Gasteiger partial charge in [0.15, 0.2) is 0 Å². The molecule has 1 N–H and O–H groups in total. The first-order valence-electron chi connectivity index (χ1n) is 6.79. The third kappa shape index (κ3) is 4.04. The van der Waals surface area contributed by atoms with E-state index in [0.29, 0.717) is 0 Å². The average Bonchev–Trinajstić information content (AvgIpc) is 3.11. The third-order valence-electron chi connectivity index (χ3n) is 3.79. The van der Waals surface area contributed by atoms with Crippen molar-refractivity contribution in [2.24, 2.45) is 11.8 Å². The summed E-state index contributed by atoms with van der Waals surface area (Å²) in [4.78, 5) is 2.53. The minimum absolute atomic E-state index is 0.729. The Hall–Kier alpha value is -0.120. The van der Waals surface area contributed by atoms with Crippen molar-refractivity contribution >= 4 is 0 Å². The molecule has 94 valence electrons. The zero-order valence-electron chi connectivity index (χ0n) is 10.7. The molecule has 2 fully saturated rings. The van der Waals surface area contributed by atoms with Crippen molar-refractivity contribution in [3.63, 3.8) is 0 Å². The highest BCUT2D eigenvalue weighted by atomic mass is 16.5. The Morgan fingerprint density at radius 1 is 1.25 bits per heavy atom. The summed E-state index contributed by atoms with van der Waals surface area (Å²) in [5.74, 6) is 1.72. The van der Waals surface area contributed by atoms with Crippen molar-refractivity contribution in [2.45, 2.75) is 32.7 Å². The minimum Gasteiger partial charge on any atom is -0.379 e. The monoisotopic (exact) mass is 226 g/mol. The van der Waals surface area contributed by atoms with Crippen molar-refractivity contribution < 1.29 is 4.74 Å². The second-order valence-corrected chi connectivity index (χ2v) is 5.55. The smallest absolute Gasteiger partial charge is 0.0594 e. The van der Waals surface area contributed by atoms with E-state index in [1.807, 2.05) is 0 Å². The molecule has 1 heterocycles. The second kappa shape index (κ2) is 5.99. The lowest BCUT2D eigenvalue weighted by Crippen LogP contribution is -2.42. The number of rotatable bonds is 6. The Balaban J connectivity index is 1.57. The Kier molecular flexibility index (Phi) is 4.62. The molecular formula is C13H26N2O. The molecule has 0 aromatic rings. The van der Waals surface area contributed by atoms with E-state index in [-0.39, 0.29) is 0 Å². The van der Waals surface area contributed by atoms with Gasteiger partial charge in [-0.15, -0.1) is 0 Å². The number of hydrogen-bond donors (Lipinski definition) is 1. The van der Waals surface area contributed by atoms with Gasteiger partial charge in [-0.25, -0.2) is 0 Å². The highest BCUT2D eigenvalue weighted by Crippen LogP contribution is 2.32. The predicted octanol–water partition coefficient (Wildman–Crippen LogP) is 1.34. The summed E-state index contributed by atoms with van der Waals surface area (Å²) in [6.45, 7) is 11.1. The standard InChI is InChI=1S/C13H26N2O/c1-11(9-14-12(2)13-3-4-13)10-15-5-7-16-8-6-15/h11-14H,3-10H2,1-2H3. The van der Waals surface area contributed by atoms with E-state index < -0.39 is 0 Å². The molecular weight excluding hydrogens is 200 g/mol. The van der Waals surface area contributed by atoms with Gasteiger partial charge >= 0.3 is 0 Å². The van der Waals surface area contributed by atoms with Crippen LogP contribution in [-0.4, -0.2) is 50.3 Å². The molecule has 0 aromatic heterocycles. The number of nitrogens with zero attached hydrogens (tertiary/aromatic N) is 1. The summed E-state index contributed by atoms with van der Waals surface area (Å²) < 4.78 is 5.36. The summed E-state index contributed by atoms with van der Waals surface area (Å²) in [6, 6.07) is 0.729. The fraction of sp³-hybridized carbons (Fsp3) is 1.00. The molecule has 2 atom stereocenters. The maximum absolute atomic E-state index is 5.36. The van der Waals surface area contributed by atoms with Gasteiger partial charge in [0.1, 0.15) is 0 Å². The molecule has 1 aliphatic carbocycles. The molecule has 1 saturated carbocycles. The van der Waals surface area contributed by atoms with Gasteiger partial charge in [-0.05, 0) is 38.1 Å². The summed E-state index contributed by atoms with van der Waals surface area (Å²) in [6.07, 6.45) is 2.87. The Morgan fingerprint density at radius 3 is 2.56 bits per heavy atom. The molecule has 16 heavy (non-hydrogen) atoms. The largest absolute Gasteiger partial charge is 0.379 e. The molecule has 2 aliphatic rings. The van der Waals surface area contributed by atoms with Gasteiger partial charge in [0.05, 0.1) is 13.2 Å². The molecule has 0 aromatic carbocycles. The number of morpholine rings is 1. The van der Waals surface area contributed by atoms with Gasteiger partial charge in [-0.3, -0.25) is 4.90 Å². The maximum Gasteiger partial charge on any atom is 0.0594 e. The molecule has 1 aliphatic heterocycles. The van der Waals surface area contributed by atoms with Crippen molar-refractivity contribution in [3.05, 3.63) is 0 Å². The van der Waals surface area contributed by atoms with Crippen LogP contribution in [0, 0.1) is 11.8 Å². The van der Waals surface area contributed by atoms with E-state index in [1.54, 1.807) is 0 Å². The summed E-state index contributed by atoms with van der Waals surface area (Å²) in [5.41, 5.74) is 0. The quantitative estimate of drug-likeness (QED) is 0.740. The molecule has 3 heteroatoms. The zero-order chi connectivity index (χ0) is 11.4. The lowest BCUT2D eigenvalue weighted by Gasteiger charge is -2.29. The SMILES string of the molecule is CC(CNC(C)C1CC1)CN1CCOCC1. The summed E-state index contributed by atoms with van der Waals surface area (Å²) >= 11 is 0. The predicted molar refractivity (Wildman–Crippen MR) is 66.6 cm³/mol. The van der Waals surface area contributed by atoms with Crippen LogP contribution in [0.5, 0.6) is 0 Å². The number of nitrogens with one attached hydrogen (secondary N) is 1. The first-order chi connectivity index (χ1) is 7.75. The van der Waals surface area contributed by atoms with Crippen LogP contribution in [0.2, 0.25) is 0 Å². The van der Waals surface area contributed by atoms with Gasteiger partial charge < -0.3 is 10.1 Å². The molecule has 0 bridgehead atoms. The van der Waals surface area contributed by atoms with Gasteiger partial charge in [0.2, 0.25) is 0 Å². The number of hydrogen-bond acceptors (Lipinski definition) is 3. The second-order valence-electron chi connectivity index (χ2n) is 5.55. The Bertz CT molecular complexity index is 200. The van der Waals surface area contributed by atoms with E-state index in [4.69, 9.17) is 4.74 Å². The van der Waals surface area contributed by atoms with Crippen LogP contribution in [0.25, 0.3) is 0 Å². The molecule has 0 amide bonds. The minimum atomic E-state index is 0.729. The lowest BCUT2D eigenvalue weighted by atomic mass is 10.1. The van der Waals surface area contributed by atoms with Crippen molar-refractivity contribution in [3.8, 4) is 0 Å². The summed E-state index contributed by atoms with van der Waals surface area (Å²) in [5, 5.41) is 3.68. The normalized spacial score (nSPS) is 26.6. The van der Waals surface area contributed by atoms with Crippen LogP contribution >= 0.6 is 0 Å². The van der Waals surface area contributed by atoms with E-state index in [1.165, 1.54) is 19.4 Å². The fourth-order valence-electron chi connectivity index (χ4n) is 2.44. The van der Waals surface area contributed by atoms with Gasteiger partial charge in [0.25, 0.3) is 0 Å². The molecule has 2 rings (SSSR count). The van der Waals surface area contributed by atoms with Crippen molar-refractivity contribution in [1.29, 1.82) is 0 Å². The van der Waals surface area contributed by atoms with Gasteiger partial charge in [-0.2, -0.15) is 0 Å². The van der Waals surface area contributed by atoms with E-state index in [9.17, 15) is 0 Å². The molecule has 3 nitrogen and oxygen atoms in total. The first-order valence-corrected chi connectivity index (χ1v) is 6.79. The Morgan fingerprint density at radius 2 is 1.94 bits per heavy atom. The van der Waals surface area contributed by atoms with Crippen LogP contribution in [-0.2, 0) is 4.74 Å². The van der Waals surface area contributed by atoms with Crippen molar-refractivity contribution in [2.75, 3.05) is 39.4 Å². The summed E-state index contributed by atoms with van der Waals surface area (Å²) in [7, 11) is 0. The number of ether oxygens (including phenoxy) is 1. The van der Waals surface area contributed by atoms with Crippen LogP contribution in [0.1, 0.15) is 26.7 Å². The topological polar surface area (TPSA) is 24.5 Å². The first kappa shape index (κ1) is 12.3. The van der Waals surface area contributed by atoms with Crippen LogP contribution < -0.4 is 5.32 Å². The zero-order valence-corrected chi connectivity index (χ0v) is 10.7. The van der Waals surface area contributed by atoms with Gasteiger partial charge in [0, 0.05) is 25.7 Å². The molecule has 0 radical (unpaired) electrons. The van der Waals surface area contributed by atoms with E-state index >= 15 is 0 Å². The molecule has 1 saturated heterocycles. The van der Waals surface area contributed by atoms with Crippen LogP contribution in [0.4, 0.5) is 0 Å². The van der Waals surface area contributed by atoms with Crippen LogP contribution in [0.15, 0.2) is 0 Å². The lowest BCUT2D eigenvalue weighted by molar-refractivity contribution is 0.0316. The molecule has 2 unspecified atom stereocenters. The third-order valence-corrected chi connectivity index (χ3v) is 3.79. The molecule has 0 spiro atoms. The van der Waals surface area contributed by atoms with Gasteiger partial charge in [-0.1, -0.05) is 6.92 Å². The highest BCUT2D eigenvalue weighted by molar-refractivity contribution is 4.83. The van der Waals surface area contributed by atoms with Crippen molar-refractivity contribution in [1.82, 2.24) is 10.2 Å². The fourth-order valence-corrected chi connectivity index (χ4v) is 2.44. The van der Waals surface area contributed by atoms with Crippen LogP contribution in [0.3, 0.4) is 0 Å².